The third-order valence-corrected chi connectivity index (χ3v) is 13.9. The van der Waals surface area contributed by atoms with Crippen LogP contribution in [-0.2, 0) is 45.5 Å². The van der Waals surface area contributed by atoms with Crippen LogP contribution in [0.25, 0.3) is 11.5 Å². The average Bonchev–Trinajstić information content (AvgIpc) is 4.15. The summed E-state index contributed by atoms with van der Waals surface area (Å²) < 4.78 is 35.9. The molecule has 8 N–H and O–H groups in total. The van der Waals surface area contributed by atoms with E-state index in [1.807, 2.05) is 33.7 Å². The molecule has 23 heteroatoms. The molecule has 3 atom stereocenters. The molecular formula is C48H60ClN9O12S. The number of carboxylic acid groups (broad SMARTS) is 2. The van der Waals surface area contributed by atoms with Crippen LogP contribution in [0.3, 0.4) is 0 Å². The van der Waals surface area contributed by atoms with E-state index in [0.717, 1.165) is 86.5 Å². The number of aliphatic hydroxyl groups is 2. The Morgan fingerprint density at radius 3 is 2.15 bits per heavy atom. The van der Waals surface area contributed by atoms with Crippen LogP contribution in [0.5, 0.6) is 5.75 Å². The van der Waals surface area contributed by atoms with Crippen LogP contribution >= 0.6 is 11.6 Å². The molecular weight excluding hydrogens is 962 g/mol. The fraction of sp³-hybridized carbons (Fsp3) is 0.458. The number of pyridine rings is 1. The van der Waals surface area contributed by atoms with Crippen LogP contribution < -0.4 is 31.1 Å². The molecule has 1 aromatic heterocycles. The van der Waals surface area contributed by atoms with Crippen molar-refractivity contribution in [2.45, 2.75) is 132 Å². The van der Waals surface area contributed by atoms with E-state index in [2.05, 4.69) is 32.6 Å². The van der Waals surface area contributed by atoms with Gasteiger partial charge < -0.3 is 41.1 Å². The number of benzene rings is 2. The number of ether oxygens (including phenoxy) is 1. The number of imidazole rings is 1. The minimum absolute atomic E-state index is 0.00209. The third kappa shape index (κ3) is 14.3. The maximum atomic E-state index is 13.2. The van der Waals surface area contributed by atoms with Crippen molar-refractivity contribution >= 4 is 51.3 Å². The molecule has 0 unspecified atom stereocenters. The number of aliphatic hydroxyl groups excluding tert-OH is 2. The van der Waals surface area contributed by atoms with Crippen LogP contribution in [0.1, 0.15) is 104 Å². The van der Waals surface area contributed by atoms with Gasteiger partial charge in [0.15, 0.2) is 18.0 Å². The van der Waals surface area contributed by atoms with E-state index < -0.39 is 40.2 Å². The molecule has 8 rings (SSSR count). The lowest BCUT2D eigenvalue weighted by Crippen LogP contribution is -2.45. The molecule has 382 valence electrons. The number of carbonyl (C=O) groups excluding carboxylic acids is 2. The Balaban J connectivity index is 0.000000197. The van der Waals surface area contributed by atoms with Crippen LogP contribution in [0.2, 0.25) is 5.02 Å². The molecule has 3 aliphatic heterocycles. The van der Waals surface area contributed by atoms with Crippen molar-refractivity contribution in [3.05, 3.63) is 105 Å². The molecule has 0 bridgehead atoms. The second-order valence-corrected chi connectivity index (χ2v) is 19.6. The largest absolute Gasteiger partial charge is 0.496 e. The molecule has 2 fully saturated rings. The Bertz CT molecular complexity index is 2740. The van der Waals surface area contributed by atoms with Crippen molar-refractivity contribution < 1.29 is 52.8 Å². The molecule has 0 radical (unpaired) electrons. The summed E-state index contributed by atoms with van der Waals surface area (Å²) in [5.74, 6) is -0.490. The number of rotatable bonds is 16. The minimum atomic E-state index is -3.97. The first-order chi connectivity index (χ1) is 34.0. The van der Waals surface area contributed by atoms with Gasteiger partial charge in [-0.1, -0.05) is 62.8 Å². The van der Waals surface area contributed by atoms with E-state index in [-0.39, 0.29) is 28.6 Å². The fourth-order valence-corrected chi connectivity index (χ4v) is 9.75. The number of aromatic nitrogens is 5. The van der Waals surface area contributed by atoms with Crippen molar-refractivity contribution in [1.29, 1.82) is 0 Å². The monoisotopic (exact) mass is 1020 g/mol. The zero-order valence-electron chi connectivity index (χ0n) is 39.4. The van der Waals surface area contributed by atoms with Crippen molar-refractivity contribution in [3.63, 3.8) is 0 Å². The van der Waals surface area contributed by atoms with E-state index in [1.54, 1.807) is 24.3 Å². The lowest BCUT2D eigenvalue weighted by atomic mass is 9.96. The van der Waals surface area contributed by atoms with Gasteiger partial charge >= 0.3 is 23.7 Å². The van der Waals surface area contributed by atoms with Gasteiger partial charge in [0.25, 0.3) is 15.9 Å². The van der Waals surface area contributed by atoms with Gasteiger partial charge in [-0.05, 0) is 98.5 Å². The lowest BCUT2D eigenvalue weighted by molar-refractivity contribution is -0.165. The van der Waals surface area contributed by atoms with Crippen molar-refractivity contribution in [2.75, 3.05) is 19.0 Å². The van der Waals surface area contributed by atoms with Gasteiger partial charge in [0.05, 0.1) is 17.6 Å². The Kier molecular flexibility index (Phi) is 18.9. The van der Waals surface area contributed by atoms with Gasteiger partial charge in [-0.2, -0.15) is 0 Å². The molecule has 2 aliphatic carbocycles. The summed E-state index contributed by atoms with van der Waals surface area (Å²) in [6.07, 6.45) is 11.1. The van der Waals surface area contributed by atoms with E-state index in [0.29, 0.717) is 48.3 Å². The second-order valence-electron chi connectivity index (χ2n) is 17.5. The topological polar surface area (TPSA) is 306 Å². The van der Waals surface area contributed by atoms with Crippen molar-refractivity contribution in [3.8, 4) is 17.3 Å². The zero-order chi connectivity index (χ0) is 51.2. The summed E-state index contributed by atoms with van der Waals surface area (Å²) in [4.78, 5) is 71.1. The molecule has 2 aromatic carbocycles. The van der Waals surface area contributed by atoms with E-state index in [9.17, 15) is 32.4 Å². The number of amides is 3. The van der Waals surface area contributed by atoms with Gasteiger partial charge in [0.1, 0.15) is 23.1 Å². The average molecular weight is 1020 g/mol. The Morgan fingerprint density at radius 2 is 1.54 bits per heavy atom. The van der Waals surface area contributed by atoms with Crippen LogP contribution in [0.4, 0.5) is 10.6 Å². The molecule has 3 amide bonds. The fourth-order valence-electron chi connectivity index (χ4n) is 8.66. The lowest BCUT2D eigenvalue weighted by Gasteiger charge is -2.22. The summed E-state index contributed by atoms with van der Waals surface area (Å²) in [5.41, 5.74) is 3.26. The molecule has 0 saturated heterocycles. The molecule has 5 aliphatic rings. The number of sulfonamides is 1. The van der Waals surface area contributed by atoms with Gasteiger partial charge in [0.2, 0.25) is 0 Å². The van der Waals surface area contributed by atoms with E-state index in [1.165, 1.54) is 43.7 Å². The maximum Gasteiger partial charge on any atom is 0.335 e. The first kappa shape index (κ1) is 53.7. The number of carbonyl (C=O) groups is 4. The second kappa shape index (κ2) is 25.0. The normalized spacial score (nSPS) is 16.5. The molecule has 0 spiro atoms. The highest BCUT2D eigenvalue weighted by atomic mass is 35.5. The molecule has 3 aromatic rings. The Labute approximate surface area is 415 Å². The van der Waals surface area contributed by atoms with Gasteiger partial charge in [-0.3, -0.25) is 18.9 Å². The van der Waals surface area contributed by atoms with Crippen molar-refractivity contribution in [2.24, 2.45) is 0 Å². The number of nitrogens with one attached hydrogen (secondary N) is 4. The number of carboxylic acids is 2. The Morgan fingerprint density at radius 1 is 0.887 bits per heavy atom. The number of aliphatic carboxylic acids is 2. The first-order valence-corrected chi connectivity index (χ1v) is 25.4. The summed E-state index contributed by atoms with van der Waals surface area (Å²) in [6.45, 7) is 3.76. The van der Waals surface area contributed by atoms with E-state index in [4.69, 9.17) is 46.7 Å². The van der Waals surface area contributed by atoms with Crippen molar-refractivity contribution in [1.82, 2.24) is 39.4 Å². The number of fused-ring (bicyclic) bond motifs is 3. The highest BCUT2D eigenvalue weighted by Crippen LogP contribution is 2.37. The third-order valence-electron chi connectivity index (χ3n) is 12.3. The maximum absolute atomic E-state index is 13.2. The summed E-state index contributed by atoms with van der Waals surface area (Å²) in [6, 6.07) is 14.5. The summed E-state index contributed by atoms with van der Waals surface area (Å²) in [5, 5.41) is 42.1. The summed E-state index contributed by atoms with van der Waals surface area (Å²) in [7, 11) is -2.49. The number of hydrogen-bond acceptors (Lipinski definition) is 14. The molecule has 2 saturated carbocycles. The van der Waals surface area contributed by atoms with Gasteiger partial charge in [0, 0.05) is 55.1 Å². The van der Waals surface area contributed by atoms with E-state index >= 15 is 0 Å². The number of nitrogens with zero attached hydrogens (tertiary/aromatic N) is 5. The van der Waals surface area contributed by atoms with Gasteiger partial charge in [-0.25, -0.2) is 42.3 Å². The van der Waals surface area contributed by atoms with Crippen LogP contribution in [0, 0.1) is 0 Å². The highest BCUT2D eigenvalue weighted by molar-refractivity contribution is 7.90. The van der Waals surface area contributed by atoms with Gasteiger partial charge in [-0.15, -0.1) is 0 Å². The number of anilines is 1. The standard InChI is InChI=1S/C23H28ClN3O5S.C21H26N6O.C4H6O6/c1-32-21-12-9-17(24)15-20(21)22(28)25-14-13-16-7-10-19(11-8-16)33(30,31)27-23(29)26-18-5-3-2-4-6-18;1-2-11-26-20-17(24-18(25-20)15-5-3-4-6-15)19-23-16(13-27(19)21(26)28)12-14-7-9-22-10-8-14;5-1(3(7)8)2(6)4(9)10/h7-12,15,18H,2-6,13-14H2,1H3,(H,25,28)(H2,26,27,29);7-10,15-16,23H,2-6,11-13H2,1H3;1-2,5-6H,(H,7,8)(H,9,10)/t;16-;1-,2-/m.10/s1. The molecule has 71 heavy (non-hydrogen) atoms. The predicted octanol–water partition coefficient (Wildman–Crippen LogP) is 4.56. The zero-order valence-corrected chi connectivity index (χ0v) is 41.0. The number of urea groups is 1. The molecule has 4 heterocycles. The molecule has 21 nitrogen and oxygen atoms in total. The highest BCUT2D eigenvalue weighted by Gasteiger charge is 2.34. The summed E-state index contributed by atoms with van der Waals surface area (Å²) >= 11 is 5.96. The van der Waals surface area contributed by atoms with Crippen LogP contribution in [-0.4, -0.2) is 115 Å². The SMILES string of the molecule is CCCn1c2nc(C3CCCC3)nc-2c2n(c1=O)C[C@@H](Cc1ccncc1)N2.COc1ccc(Cl)cc1C(=O)NCCc1ccc(S(=O)(=O)NC(=O)NC2CCCCC2)cc1.O=C(O)[C@@H](O)[C@H](O)C(=O)O. The number of methoxy groups -OCH3 is 1. The Hall–Kier alpha value is -6.62. The first-order valence-electron chi connectivity index (χ1n) is 23.5. The number of halogens is 1. The predicted molar refractivity (Wildman–Crippen MR) is 261 cm³/mol. The quantitative estimate of drug-likeness (QED) is 0.0672. The number of hydrogen-bond donors (Lipinski definition) is 8. The minimum Gasteiger partial charge on any atom is -0.496 e. The smallest absolute Gasteiger partial charge is 0.335 e. The van der Waals surface area contributed by atoms with Crippen LogP contribution in [0.15, 0.2) is 76.7 Å².